The third-order valence-electron chi connectivity index (χ3n) is 1.10. The summed E-state index contributed by atoms with van der Waals surface area (Å²) in [5.41, 5.74) is 0. The molecule has 0 aliphatic rings. The Labute approximate surface area is 60.6 Å². The van der Waals surface area contributed by atoms with Crippen molar-refractivity contribution in [2.45, 2.75) is 0 Å². The van der Waals surface area contributed by atoms with Crippen LogP contribution in [-0.2, 0) is 0 Å². The molecule has 0 aromatic heterocycles. The second-order valence-electron chi connectivity index (χ2n) is 1.86. The van der Waals surface area contributed by atoms with Crippen LogP contribution in [0.25, 0.3) is 0 Å². The summed E-state index contributed by atoms with van der Waals surface area (Å²) in [6, 6.07) is 6.65. The van der Waals surface area contributed by atoms with Gasteiger partial charge < -0.3 is 0 Å². The maximum absolute atomic E-state index is 12.0. The van der Waals surface area contributed by atoms with E-state index in [1.54, 1.807) is 6.07 Å². The first-order chi connectivity index (χ1) is 4.61. The summed E-state index contributed by atoms with van der Waals surface area (Å²) in [6.07, 6.45) is 0. The van der Waals surface area contributed by atoms with Gasteiger partial charge in [-0.15, -0.1) is 0 Å². The monoisotopic (exact) mass is 210 g/mol. The summed E-state index contributed by atoms with van der Waals surface area (Å²) in [5.74, 6) is 0. The molecule has 0 bridgehead atoms. The topological polar surface area (TPSA) is 0 Å². The molecule has 0 atom stereocenters. The second-order valence-corrected chi connectivity index (χ2v) is 5.16. The van der Waals surface area contributed by atoms with Gasteiger partial charge >= 0.3 is 60.0 Å². The van der Waals surface area contributed by atoms with E-state index in [0.29, 0.717) is 0 Å². The molecule has 0 aliphatic carbocycles. The molecule has 0 nitrogen and oxygen atoms in total. The molecule has 0 N–H and O–H groups in total. The SMILES string of the molecule is F[AsH](F)(F)c1ccccc1. The summed E-state index contributed by atoms with van der Waals surface area (Å²) in [6.45, 7) is 0. The number of benzene rings is 1. The molecule has 0 amide bonds. The van der Waals surface area contributed by atoms with Crippen molar-refractivity contribution in [2.75, 3.05) is 0 Å². The zero-order valence-corrected chi connectivity index (χ0v) is 7.12. The Bertz CT molecular complexity index is 204. The Morgan fingerprint density at radius 2 is 1.40 bits per heavy atom. The predicted molar refractivity (Wildman–Crippen MR) is 36.5 cm³/mol. The molecular weight excluding hydrogens is 204 g/mol. The van der Waals surface area contributed by atoms with Crippen LogP contribution in [-0.4, -0.2) is 15.0 Å². The fourth-order valence-corrected chi connectivity index (χ4v) is 1.82. The number of hydrogen-bond acceptors (Lipinski definition) is 0. The van der Waals surface area contributed by atoms with Crippen LogP contribution in [0.3, 0.4) is 0 Å². The standard InChI is InChI=1S/C6H6AsF3/c8-7(9,10)6-4-2-1-3-5-6/h1-5,7H. The van der Waals surface area contributed by atoms with Gasteiger partial charge in [0.25, 0.3) is 0 Å². The average molecular weight is 210 g/mol. The van der Waals surface area contributed by atoms with Crippen LogP contribution in [0, 0.1) is 0 Å². The van der Waals surface area contributed by atoms with E-state index in [0.717, 1.165) is 12.1 Å². The van der Waals surface area contributed by atoms with E-state index in [4.69, 9.17) is 0 Å². The van der Waals surface area contributed by atoms with Crippen LogP contribution in [0.15, 0.2) is 30.3 Å². The van der Waals surface area contributed by atoms with Crippen molar-refractivity contribution in [3.05, 3.63) is 30.3 Å². The predicted octanol–water partition coefficient (Wildman–Crippen LogP) is 1.47. The van der Waals surface area contributed by atoms with Gasteiger partial charge in [0.15, 0.2) is 0 Å². The Hall–Kier alpha value is -0.432. The van der Waals surface area contributed by atoms with Crippen LogP contribution >= 0.6 is 0 Å². The molecule has 1 aromatic rings. The molecule has 0 saturated carbocycles. The molecule has 1 rings (SSSR count). The first kappa shape index (κ1) is 7.67. The van der Waals surface area contributed by atoms with Crippen molar-refractivity contribution in [2.24, 2.45) is 0 Å². The molecule has 0 unspecified atom stereocenters. The fraction of sp³-hybridized carbons (Fsp3) is 0. The normalized spacial score (nSPS) is 13.1. The van der Waals surface area contributed by atoms with Crippen LogP contribution in [0.5, 0.6) is 0 Å². The molecular formula is C6H6AsF3. The first-order valence-electron chi connectivity index (χ1n) is 2.73. The van der Waals surface area contributed by atoms with Crippen LogP contribution in [0.2, 0.25) is 0 Å². The molecule has 0 saturated heterocycles. The van der Waals surface area contributed by atoms with Crippen molar-refractivity contribution < 1.29 is 10.4 Å². The van der Waals surface area contributed by atoms with Gasteiger partial charge in [-0.3, -0.25) is 0 Å². The Kier molecular flexibility index (Phi) is 2.05. The van der Waals surface area contributed by atoms with Gasteiger partial charge in [0.1, 0.15) is 0 Å². The van der Waals surface area contributed by atoms with E-state index in [1.165, 1.54) is 12.1 Å². The molecule has 10 heavy (non-hydrogen) atoms. The van der Waals surface area contributed by atoms with E-state index < -0.39 is 19.3 Å². The zero-order valence-electron chi connectivity index (χ0n) is 5.02. The Morgan fingerprint density at radius 1 is 0.900 bits per heavy atom. The van der Waals surface area contributed by atoms with E-state index >= 15 is 0 Å². The van der Waals surface area contributed by atoms with Crippen molar-refractivity contribution in [1.82, 2.24) is 0 Å². The minimum atomic E-state index is -6.00. The maximum atomic E-state index is 12.0. The summed E-state index contributed by atoms with van der Waals surface area (Å²) >= 11 is -6.00. The van der Waals surface area contributed by atoms with E-state index in [-0.39, 0.29) is 0 Å². The summed E-state index contributed by atoms with van der Waals surface area (Å²) < 4.78 is 35.5. The van der Waals surface area contributed by atoms with Crippen molar-refractivity contribution >= 4 is 19.3 Å². The summed E-state index contributed by atoms with van der Waals surface area (Å²) in [7, 11) is 0. The van der Waals surface area contributed by atoms with Gasteiger partial charge in [-0.1, -0.05) is 0 Å². The van der Waals surface area contributed by atoms with Gasteiger partial charge in [0.2, 0.25) is 0 Å². The van der Waals surface area contributed by atoms with E-state index in [1.807, 2.05) is 0 Å². The molecule has 56 valence electrons. The van der Waals surface area contributed by atoms with Gasteiger partial charge in [0.05, 0.1) is 0 Å². The Morgan fingerprint density at radius 3 is 1.70 bits per heavy atom. The van der Waals surface area contributed by atoms with Gasteiger partial charge in [-0.2, -0.15) is 0 Å². The van der Waals surface area contributed by atoms with Crippen LogP contribution in [0.1, 0.15) is 0 Å². The summed E-state index contributed by atoms with van der Waals surface area (Å²) in [4.78, 5) is 0. The van der Waals surface area contributed by atoms with Crippen LogP contribution < -0.4 is 4.35 Å². The number of hydrogen-bond donors (Lipinski definition) is 0. The van der Waals surface area contributed by atoms with Gasteiger partial charge in [-0.05, 0) is 0 Å². The van der Waals surface area contributed by atoms with E-state index in [9.17, 15) is 10.4 Å². The molecule has 4 heteroatoms. The number of halogens is 3. The fourth-order valence-electron chi connectivity index (χ4n) is 0.627. The van der Waals surface area contributed by atoms with Crippen molar-refractivity contribution in [1.29, 1.82) is 0 Å². The molecule has 0 fully saturated rings. The molecule has 0 spiro atoms. The van der Waals surface area contributed by atoms with Crippen molar-refractivity contribution in [3.8, 4) is 0 Å². The zero-order chi connectivity index (χ0) is 7.61. The second kappa shape index (κ2) is 2.67. The van der Waals surface area contributed by atoms with Crippen LogP contribution in [0.4, 0.5) is 10.4 Å². The molecule has 0 heterocycles. The first-order valence-corrected chi connectivity index (χ1v) is 6.16. The third kappa shape index (κ3) is 1.77. The summed E-state index contributed by atoms with van der Waals surface area (Å²) in [5, 5.41) is 0. The molecule has 0 radical (unpaired) electrons. The third-order valence-corrected chi connectivity index (χ3v) is 3.17. The Balaban J connectivity index is 2.97. The van der Waals surface area contributed by atoms with Gasteiger partial charge in [0, 0.05) is 0 Å². The minimum absolute atomic E-state index is 0.414. The molecule has 1 aromatic carbocycles. The number of rotatable bonds is 1. The quantitative estimate of drug-likeness (QED) is 0.615. The van der Waals surface area contributed by atoms with E-state index in [2.05, 4.69) is 0 Å². The van der Waals surface area contributed by atoms with Gasteiger partial charge in [-0.25, -0.2) is 0 Å². The average Bonchev–Trinajstić information content (AvgIpc) is 1.88. The van der Waals surface area contributed by atoms with Crippen molar-refractivity contribution in [3.63, 3.8) is 0 Å². The molecule has 0 aliphatic heterocycles.